The van der Waals surface area contributed by atoms with Crippen LogP contribution in [0.5, 0.6) is 0 Å². The smallest absolute Gasteiger partial charge is 0.314 e. The fourth-order valence-corrected chi connectivity index (χ4v) is 3.48. The van der Waals surface area contributed by atoms with Gasteiger partial charge < -0.3 is 5.11 Å². The summed E-state index contributed by atoms with van der Waals surface area (Å²) in [5.74, 6) is -1.98. The zero-order chi connectivity index (χ0) is 13.6. The van der Waals surface area contributed by atoms with Crippen molar-refractivity contribution in [3.63, 3.8) is 0 Å². The maximum atomic E-state index is 13.7. The van der Waals surface area contributed by atoms with Gasteiger partial charge in [-0.1, -0.05) is 18.6 Å². The molecule has 0 aromatic heterocycles. The molecule has 0 bridgehead atoms. The average Bonchev–Trinajstić information content (AvgIpc) is 2.12. The number of sulfone groups is 1. The van der Waals surface area contributed by atoms with Crippen molar-refractivity contribution in [3.05, 3.63) is 29.6 Å². The molecule has 0 saturated heterocycles. The summed E-state index contributed by atoms with van der Waals surface area (Å²) >= 11 is 0. The van der Waals surface area contributed by atoms with Gasteiger partial charge in [0.2, 0.25) is 0 Å². The van der Waals surface area contributed by atoms with Gasteiger partial charge >= 0.3 is 5.97 Å². The molecule has 0 radical (unpaired) electrons. The zero-order valence-corrected chi connectivity index (χ0v) is 10.6. The molecular formula is C12H13FO4S. The van der Waals surface area contributed by atoms with Crippen LogP contribution in [0.4, 0.5) is 4.39 Å². The lowest BCUT2D eigenvalue weighted by atomic mass is 9.64. The Kier molecular flexibility index (Phi) is 2.93. The van der Waals surface area contributed by atoms with Crippen molar-refractivity contribution in [1.82, 2.24) is 0 Å². The lowest BCUT2D eigenvalue weighted by Crippen LogP contribution is -2.43. The lowest BCUT2D eigenvalue weighted by molar-refractivity contribution is -0.147. The molecule has 0 spiro atoms. The highest BCUT2D eigenvalue weighted by Gasteiger charge is 2.48. The standard InChI is InChI=1S/C12H13FO4S/c1-18(16,17)10-8(4-2-5-9(10)13)12(11(14)15)6-3-7-12/h2,4-5H,3,6-7H2,1H3,(H,14,15). The van der Waals surface area contributed by atoms with Crippen molar-refractivity contribution < 1.29 is 22.7 Å². The molecule has 6 heteroatoms. The van der Waals surface area contributed by atoms with E-state index >= 15 is 0 Å². The summed E-state index contributed by atoms with van der Waals surface area (Å²) in [4.78, 5) is 10.9. The molecule has 1 aromatic rings. The van der Waals surface area contributed by atoms with E-state index in [9.17, 15) is 22.7 Å². The lowest BCUT2D eigenvalue weighted by Gasteiger charge is -2.39. The highest BCUT2D eigenvalue weighted by atomic mass is 32.2. The summed E-state index contributed by atoms with van der Waals surface area (Å²) in [7, 11) is -3.80. The number of benzene rings is 1. The summed E-state index contributed by atoms with van der Waals surface area (Å²) in [5, 5.41) is 9.30. The molecule has 1 N–H and O–H groups in total. The van der Waals surface area contributed by atoms with Gasteiger partial charge in [-0.05, 0) is 24.5 Å². The molecular weight excluding hydrogens is 259 g/mol. The molecule has 0 heterocycles. The van der Waals surface area contributed by atoms with Gasteiger partial charge in [-0.2, -0.15) is 0 Å². The van der Waals surface area contributed by atoms with Crippen LogP contribution in [0.1, 0.15) is 24.8 Å². The molecule has 1 aliphatic rings. The Bertz CT molecular complexity index is 603. The predicted octanol–water partition coefficient (Wildman–Crippen LogP) is 1.74. The SMILES string of the molecule is CS(=O)(=O)c1c(F)cccc1C1(C(=O)O)CCC1. The van der Waals surface area contributed by atoms with Crippen LogP contribution in [0.3, 0.4) is 0 Å². The number of hydrogen-bond donors (Lipinski definition) is 1. The summed E-state index contributed by atoms with van der Waals surface area (Å²) in [6.07, 6.45) is 2.28. The van der Waals surface area contributed by atoms with Gasteiger partial charge in [-0.25, -0.2) is 12.8 Å². The van der Waals surface area contributed by atoms with Gasteiger partial charge in [0.05, 0.1) is 5.41 Å². The van der Waals surface area contributed by atoms with Gasteiger partial charge in [0, 0.05) is 6.26 Å². The first-order valence-electron chi connectivity index (χ1n) is 5.51. The molecule has 0 atom stereocenters. The Morgan fingerprint density at radius 3 is 2.39 bits per heavy atom. The Hall–Kier alpha value is -1.43. The van der Waals surface area contributed by atoms with Crippen LogP contribution < -0.4 is 0 Å². The molecule has 98 valence electrons. The fraction of sp³-hybridized carbons (Fsp3) is 0.417. The van der Waals surface area contributed by atoms with E-state index in [1.807, 2.05) is 0 Å². The number of hydrogen-bond acceptors (Lipinski definition) is 3. The second-order valence-corrected chi connectivity index (χ2v) is 6.58. The Balaban J connectivity index is 2.73. The molecule has 2 rings (SSSR count). The first-order valence-corrected chi connectivity index (χ1v) is 7.40. The Morgan fingerprint density at radius 1 is 1.39 bits per heavy atom. The number of carboxylic acid groups (broad SMARTS) is 1. The summed E-state index contributed by atoms with van der Waals surface area (Å²) in [5.41, 5.74) is -1.18. The van der Waals surface area contributed by atoms with Crippen LogP contribution >= 0.6 is 0 Å². The van der Waals surface area contributed by atoms with E-state index in [1.54, 1.807) is 0 Å². The average molecular weight is 272 g/mol. The van der Waals surface area contributed by atoms with E-state index in [-0.39, 0.29) is 5.56 Å². The highest BCUT2D eigenvalue weighted by Crippen LogP contribution is 2.46. The van der Waals surface area contributed by atoms with E-state index in [0.717, 1.165) is 12.3 Å². The topological polar surface area (TPSA) is 71.4 Å². The van der Waals surface area contributed by atoms with Gasteiger partial charge in [-0.15, -0.1) is 0 Å². The van der Waals surface area contributed by atoms with Gasteiger partial charge in [0.15, 0.2) is 9.84 Å². The third kappa shape index (κ3) is 1.80. The van der Waals surface area contributed by atoms with Crippen LogP contribution in [-0.4, -0.2) is 25.7 Å². The Labute approximate surface area is 104 Å². The largest absolute Gasteiger partial charge is 0.481 e. The number of aliphatic carboxylic acids is 1. The minimum absolute atomic E-state index is 0.0729. The minimum Gasteiger partial charge on any atom is -0.481 e. The molecule has 1 aromatic carbocycles. The van der Waals surface area contributed by atoms with Crippen LogP contribution in [-0.2, 0) is 20.0 Å². The van der Waals surface area contributed by atoms with Crippen molar-refractivity contribution in [2.45, 2.75) is 29.6 Å². The molecule has 18 heavy (non-hydrogen) atoms. The second-order valence-electron chi connectivity index (χ2n) is 4.63. The summed E-state index contributed by atoms with van der Waals surface area (Å²) < 4.78 is 37.0. The van der Waals surface area contributed by atoms with Crippen LogP contribution in [0.15, 0.2) is 23.1 Å². The van der Waals surface area contributed by atoms with Crippen molar-refractivity contribution in [3.8, 4) is 0 Å². The molecule has 0 amide bonds. The third-order valence-corrected chi connectivity index (χ3v) is 4.63. The first kappa shape index (κ1) is 13.0. The maximum Gasteiger partial charge on any atom is 0.314 e. The van der Waals surface area contributed by atoms with E-state index in [0.29, 0.717) is 19.3 Å². The van der Waals surface area contributed by atoms with Gasteiger partial charge in [0.25, 0.3) is 0 Å². The number of rotatable bonds is 3. The van der Waals surface area contributed by atoms with E-state index in [4.69, 9.17) is 0 Å². The van der Waals surface area contributed by atoms with Crippen molar-refractivity contribution in [2.24, 2.45) is 0 Å². The van der Waals surface area contributed by atoms with Crippen molar-refractivity contribution in [2.75, 3.05) is 6.26 Å². The summed E-state index contributed by atoms with van der Waals surface area (Å²) in [6.45, 7) is 0. The minimum atomic E-state index is -3.80. The molecule has 0 unspecified atom stereocenters. The Morgan fingerprint density at radius 2 is 2.00 bits per heavy atom. The predicted molar refractivity (Wildman–Crippen MR) is 62.7 cm³/mol. The van der Waals surface area contributed by atoms with E-state index in [2.05, 4.69) is 0 Å². The van der Waals surface area contributed by atoms with Crippen LogP contribution in [0.25, 0.3) is 0 Å². The van der Waals surface area contributed by atoms with E-state index in [1.165, 1.54) is 12.1 Å². The monoisotopic (exact) mass is 272 g/mol. The maximum absolute atomic E-state index is 13.7. The number of halogens is 1. The molecule has 1 saturated carbocycles. The van der Waals surface area contributed by atoms with Crippen molar-refractivity contribution >= 4 is 15.8 Å². The number of carboxylic acids is 1. The van der Waals surface area contributed by atoms with Gasteiger partial charge in [0.1, 0.15) is 10.7 Å². The fourth-order valence-electron chi connectivity index (χ4n) is 2.39. The quantitative estimate of drug-likeness (QED) is 0.909. The van der Waals surface area contributed by atoms with Crippen molar-refractivity contribution in [1.29, 1.82) is 0 Å². The molecule has 1 aliphatic carbocycles. The number of carbonyl (C=O) groups is 1. The van der Waals surface area contributed by atoms with E-state index < -0.39 is 31.9 Å². The van der Waals surface area contributed by atoms with Gasteiger partial charge in [-0.3, -0.25) is 4.79 Å². The second kappa shape index (κ2) is 4.05. The molecule has 4 nitrogen and oxygen atoms in total. The third-order valence-electron chi connectivity index (χ3n) is 3.47. The molecule has 0 aliphatic heterocycles. The van der Waals surface area contributed by atoms with Crippen LogP contribution in [0.2, 0.25) is 0 Å². The normalized spacial score (nSPS) is 18.1. The first-order chi connectivity index (χ1) is 8.29. The molecule has 1 fully saturated rings. The van der Waals surface area contributed by atoms with Crippen LogP contribution in [0, 0.1) is 5.82 Å². The zero-order valence-electron chi connectivity index (χ0n) is 9.81. The highest BCUT2D eigenvalue weighted by molar-refractivity contribution is 7.90. The summed E-state index contributed by atoms with van der Waals surface area (Å²) in [6, 6.07) is 3.78.